The molecule has 0 radical (unpaired) electrons. The van der Waals surface area contributed by atoms with Crippen molar-refractivity contribution >= 4 is 30.1 Å². The number of nitrogens with two attached hydrogens (primary N) is 1. The third kappa shape index (κ3) is 5.49. The second kappa shape index (κ2) is 9.94. The fourth-order valence-corrected chi connectivity index (χ4v) is 2.93. The largest absolute Gasteiger partial charge is 0.468 e. The van der Waals surface area contributed by atoms with Crippen LogP contribution in [-0.4, -0.2) is 77.3 Å². The summed E-state index contributed by atoms with van der Waals surface area (Å²) in [6, 6.07) is 7.17. The molecule has 0 spiro atoms. The lowest BCUT2D eigenvalue weighted by molar-refractivity contribution is -0.142. The van der Waals surface area contributed by atoms with Crippen molar-refractivity contribution in [1.29, 1.82) is 5.41 Å². The summed E-state index contributed by atoms with van der Waals surface area (Å²) >= 11 is 0. The van der Waals surface area contributed by atoms with E-state index in [2.05, 4.69) is 14.7 Å². The lowest BCUT2D eigenvalue weighted by atomic mass is 10.1. The van der Waals surface area contributed by atoms with E-state index in [-0.39, 0.29) is 42.5 Å². The van der Waals surface area contributed by atoms with Crippen LogP contribution in [0.3, 0.4) is 0 Å². The van der Waals surface area contributed by atoms with Crippen LogP contribution in [0.4, 0.5) is 0 Å². The highest BCUT2D eigenvalue weighted by Crippen LogP contribution is 2.18. The molecular weight excluding hydrogens is 396 g/mol. The minimum Gasteiger partial charge on any atom is -0.468 e. The molecule has 2 heterocycles. The summed E-state index contributed by atoms with van der Waals surface area (Å²) in [4.78, 5) is 36.0. The molecule has 154 valence electrons. The van der Waals surface area contributed by atoms with E-state index >= 15 is 0 Å². The van der Waals surface area contributed by atoms with Crippen molar-refractivity contribution in [2.45, 2.75) is 0 Å². The third-order valence-corrected chi connectivity index (χ3v) is 4.61. The molecule has 1 amide bonds. The van der Waals surface area contributed by atoms with Crippen LogP contribution < -0.4 is 5.73 Å². The number of hydrogen-bond acceptors (Lipinski definition) is 7. The van der Waals surface area contributed by atoms with Crippen molar-refractivity contribution in [1.82, 2.24) is 19.8 Å². The molecule has 1 aromatic carbocycles. The Bertz CT molecular complexity index is 865. The minimum atomic E-state index is -0.282. The minimum absolute atomic E-state index is 0. The number of amidine groups is 1. The van der Waals surface area contributed by atoms with Gasteiger partial charge in [0.05, 0.1) is 13.7 Å². The van der Waals surface area contributed by atoms with Crippen molar-refractivity contribution in [3.8, 4) is 11.1 Å². The molecule has 10 heteroatoms. The summed E-state index contributed by atoms with van der Waals surface area (Å²) in [5, 5.41) is 7.42. The van der Waals surface area contributed by atoms with Gasteiger partial charge in [0.15, 0.2) is 0 Å². The quantitative estimate of drug-likeness (QED) is 0.417. The van der Waals surface area contributed by atoms with Gasteiger partial charge in [0.1, 0.15) is 5.84 Å². The molecule has 3 N–H and O–H groups in total. The van der Waals surface area contributed by atoms with Crippen molar-refractivity contribution in [2.75, 3.05) is 39.8 Å². The number of piperazine rings is 1. The number of methoxy groups -OCH3 is 1. The lowest BCUT2D eigenvalue weighted by Crippen LogP contribution is -2.50. The van der Waals surface area contributed by atoms with E-state index < -0.39 is 0 Å². The Morgan fingerprint density at radius 1 is 1.07 bits per heavy atom. The molecule has 0 saturated carbocycles. The first-order chi connectivity index (χ1) is 13.5. The van der Waals surface area contributed by atoms with E-state index in [1.165, 1.54) is 7.11 Å². The predicted octanol–water partition coefficient (Wildman–Crippen LogP) is 0.780. The van der Waals surface area contributed by atoms with Crippen molar-refractivity contribution in [3.05, 3.63) is 48.0 Å². The summed E-state index contributed by atoms with van der Waals surface area (Å²) in [5.41, 5.74) is 7.75. The van der Waals surface area contributed by atoms with Gasteiger partial charge in [-0.1, -0.05) is 24.3 Å². The second-order valence-electron chi connectivity index (χ2n) is 6.43. The molecule has 2 aromatic rings. The average Bonchev–Trinajstić information content (AvgIpc) is 2.74. The van der Waals surface area contributed by atoms with Gasteiger partial charge >= 0.3 is 5.97 Å². The van der Waals surface area contributed by atoms with E-state index in [1.807, 2.05) is 17.0 Å². The van der Waals surface area contributed by atoms with Gasteiger partial charge in [-0.15, -0.1) is 12.4 Å². The Labute approximate surface area is 174 Å². The number of rotatable bonds is 5. The number of carbonyl (C=O) groups is 2. The number of aromatic nitrogens is 2. The summed E-state index contributed by atoms with van der Waals surface area (Å²) < 4.78 is 4.66. The zero-order chi connectivity index (χ0) is 20.1. The van der Waals surface area contributed by atoms with Gasteiger partial charge in [-0.2, -0.15) is 0 Å². The number of ether oxygens (including phenoxy) is 1. The van der Waals surface area contributed by atoms with E-state index in [0.717, 1.165) is 11.1 Å². The molecule has 9 nitrogen and oxygen atoms in total. The summed E-state index contributed by atoms with van der Waals surface area (Å²) in [5.74, 6) is -0.354. The Hall–Kier alpha value is -3.04. The Morgan fingerprint density at radius 2 is 1.66 bits per heavy atom. The van der Waals surface area contributed by atoms with Crippen molar-refractivity contribution < 1.29 is 14.3 Å². The fourth-order valence-electron chi connectivity index (χ4n) is 2.93. The van der Waals surface area contributed by atoms with Gasteiger partial charge in [-0.3, -0.25) is 19.9 Å². The molecule has 1 aliphatic heterocycles. The van der Waals surface area contributed by atoms with Gasteiger partial charge in [-0.25, -0.2) is 9.97 Å². The molecule has 29 heavy (non-hydrogen) atoms. The van der Waals surface area contributed by atoms with Crippen LogP contribution in [0.25, 0.3) is 11.1 Å². The molecule has 0 bridgehead atoms. The highest BCUT2D eigenvalue weighted by atomic mass is 35.5. The van der Waals surface area contributed by atoms with Gasteiger partial charge < -0.3 is 15.4 Å². The first-order valence-corrected chi connectivity index (χ1v) is 8.83. The zero-order valence-corrected chi connectivity index (χ0v) is 16.8. The van der Waals surface area contributed by atoms with Crippen LogP contribution in [-0.2, 0) is 9.53 Å². The first kappa shape index (κ1) is 22.3. The molecule has 1 aromatic heterocycles. The highest BCUT2D eigenvalue weighted by Gasteiger charge is 2.25. The number of amides is 1. The third-order valence-electron chi connectivity index (χ3n) is 4.61. The number of carbonyl (C=O) groups excluding carboxylic acids is 2. The number of nitrogens with one attached hydrogen (secondary N) is 1. The second-order valence-corrected chi connectivity index (χ2v) is 6.43. The van der Waals surface area contributed by atoms with Crippen LogP contribution in [0.1, 0.15) is 16.2 Å². The van der Waals surface area contributed by atoms with Crippen LogP contribution in [0, 0.1) is 5.41 Å². The SMILES string of the molecule is COC(=O)CN1CCN(C(=O)c2ncc(-c3ccc(C(=N)N)cc3)cn2)CC1.Cl. The van der Waals surface area contributed by atoms with Gasteiger partial charge in [0.2, 0.25) is 5.82 Å². The summed E-state index contributed by atoms with van der Waals surface area (Å²) in [7, 11) is 1.36. The van der Waals surface area contributed by atoms with E-state index in [4.69, 9.17) is 11.1 Å². The standard InChI is InChI=1S/C19H22N6O3.ClH/c1-28-16(26)12-24-6-8-25(9-7-24)19(27)18-22-10-15(11-23-18)13-2-4-14(5-3-13)17(20)21;/h2-5,10-11H,6-9,12H2,1H3,(H3,20,21);1H. The molecule has 0 unspecified atom stereocenters. The van der Waals surface area contributed by atoms with Gasteiger partial charge in [0.25, 0.3) is 5.91 Å². The first-order valence-electron chi connectivity index (χ1n) is 8.83. The summed E-state index contributed by atoms with van der Waals surface area (Å²) in [6.45, 7) is 2.44. The normalized spacial score (nSPS) is 14.0. The topological polar surface area (TPSA) is 126 Å². The van der Waals surface area contributed by atoms with E-state index in [1.54, 1.807) is 29.4 Å². The van der Waals surface area contributed by atoms with Crippen LogP contribution in [0.15, 0.2) is 36.7 Å². The fraction of sp³-hybridized carbons (Fsp3) is 0.316. The maximum absolute atomic E-state index is 12.6. The Balaban J connectivity index is 0.00000300. The number of esters is 1. The Morgan fingerprint density at radius 3 is 2.17 bits per heavy atom. The van der Waals surface area contributed by atoms with E-state index in [0.29, 0.717) is 31.7 Å². The maximum Gasteiger partial charge on any atom is 0.319 e. The van der Waals surface area contributed by atoms with Gasteiger partial charge in [-0.05, 0) is 5.56 Å². The molecular formula is C19H23ClN6O3. The zero-order valence-electron chi connectivity index (χ0n) is 16.0. The molecule has 1 saturated heterocycles. The average molecular weight is 419 g/mol. The molecule has 1 aliphatic rings. The number of nitrogens with zero attached hydrogens (tertiary/aromatic N) is 4. The molecule has 0 aliphatic carbocycles. The Kier molecular flexibility index (Phi) is 7.63. The predicted molar refractivity (Wildman–Crippen MR) is 110 cm³/mol. The number of benzene rings is 1. The molecule has 0 atom stereocenters. The highest BCUT2D eigenvalue weighted by molar-refractivity contribution is 5.95. The van der Waals surface area contributed by atoms with Crippen LogP contribution in [0.5, 0.6) is 0 Å². The van der Waals surface area contributed by atoms with Gasteiger partial charge in [0, 0.05) is 49.7 Å². The molecule has 1 fully saturated rings. The number of nitrogen functional groups attached to an aromatic ring is 1. The molecule has 3 rings (SSSR count). The number of halogens is 1. The van der Waals surface area contributed by atoms with E-state index in [9.17, 15) is 9.59 Å². The lowest BCUT2D eigenvalue weighted by Gasteiger charge is -2.33. The summed E-state index contributed by atoms with van der Waals surface area (Å²) in [6.07, 6.45) is 3.22. The monoisotopic (exact) mass is 418 g/mol. The van der Waals surface area contributed by atoms with Crippen LogP contribution in [0.2, 0.25) is 0 Å². The van der Waals surface area contributed by atoms with Crippen molar-refractivity contribution in [2.24, 2.45) is 5.73 Å². The number of hydrogen-bond donors (Lipinski definition) is 2. The maximum atomic E-state index is 12.6. The smallest absolute Gasteiger partial charge is 0.319 e. The van der Waals surface area contributed by atoms with Crippen molar-refractivity contribution in [3.63, 3.8) is 0 Å². The van der Waals surface area contributed by atoms with Crippen LogP contribution >= 0.6 is 12.4 Å².